The van der Waals surface area contributed by atoms with Crippen molar-refractivity contribution >= 4 is 5.97 Å². The number of carbonyl (C=O) groups excluding carboxylic acids is 1. The Bertz CT molecular complexity index is 414. The molecule has 1 aromatic carbocycles. The number of aliphatic hydroxyl groups is 2. The van der Waals surface area contributed by atoms with Crippen molar-refractivity contribution in [2.75, 3.05) is 52.9 Å². The first kappa shape index (κ1) is 23.0. The first-order chi connectivity index (χ1) is 12.2. The molecule has 25 heavy (non-hydrogen) atoms. The van der Waals surface area contributed by atoms with Crippen molar-refractivity contribution in [1.82, 2.24) is 0 Å². The van der Waals surface area contributed by atoms with Crippen LogP contribution < -0.4 is 4.89 Å². The summed E-state index contributed by atoms with van der Waals surface area (Å²) in [6.07, 6.45) is 1.03. The average Bonchev–Trinajstić information content (AvgIpc) is 2.66. The highest BCUT2D eigenvalue weighted by Gasteiger charge is 1.97. The number of benzene rings is 1. The maximum atomic E-state index is 10.5. The van der Waals surface area contributed by atoms with Crippen LogP contribution >= 0.6 is 0 Å². The van der Waals surface area contributed by atoms with Crippen LogP contribution in [0.3, 0.4) is 0 Å². The van der Waals surface area contributed by atoms with E-state index in [1.54, 1.807) is 24.3 Å². The lowest BCUT2D eigenvalue weighted by Gasteiger charge is -2.04. The van der Waals surface area contributed by atoms with Gasteiger partial charge in [0, 0.05) is 6.08 Å². The second-order valence-corrected chi connectivity index (χ2v) is 4.29. The minimum Gasteiger partial charge on any atom is -0.394 e. The fraction of sp³-hybridized carbons (Fsp3) is 0.471. The Labute approximate surface area is 147 Å². The van der Waals surface area contributed by atoms with Gasteiger partial charge in [0.25, 0.3) is 0 Å². The van der Waals surface area contributed by atoms with Crippen LogP contribution in [0.4, 0.5) is 0 Å². The van der Waals surface area contributed by atoms with E-state index in [0.717, 1.165) is 6.08 Å². The molecule has 1 aromatic rings. The molecule has 0 aromatic heterocycles. The summed E-state index contributed by atoms with van der Waals surface area (Å²) in [5.74, 6) is -0.133. The van der Waals surface area contributed by atoms with Gasteiger partial charge in [-0.1, -0.05) is 24.8 Å². The number of rotatable bonds is 13. The first-order valence-corrected chi connectivity index (χ1v) is 7.75. The van der Waals surface area contributed by atoms with Crippen molar-refractivity contribution in [3.8, 4) is 5.75 Å². The first-order valence-electron chi connectivity index (χ1n) is 7.75. The molecule has 0 bridgehead atoms. The normalized spacial score (nSPS) is 9.68. The third kappa shape index (κ3) is 16.7. The van der Waals surface area contributed by atoms with Gasteiger partial charge < -0.3 is 24.4 Å². The van der Waals surface area contributed by atoms with Gasteiger partial charge in [-0.05, 0) is 12.1 Å². The summed E-state index contributed by atoms with van der Waals surface area (Å²) >= 11 is 0. The molecule has 0 spiro atoms. The third-order valence-electron chi connectivity index (χ3n) is 2.35. The summed E-state index contributed by atoms with van der Waals surface area (Å²) in [4.78, 5) is 19.5. The maximum absolute atomic E-state index is 10.5. The van der Waals surface area contributed by atoms with Gasteiger partial charge in [0.1, 0.15) is 0 Å². The molecule has 0 radical (unpaired) electrons. The molecule has 0 amide bonds. The van der Waals surface area contributed by atoms with Gasteiger partial charge in [-0.2, -0.15) is 0 Å². The second-order valence-electron chi connectivity index (χ2n) is 4.29. The van der Waals surface area contributed by atoms with E-state index in [1.807, 2.05) is 6.07 Å². The van der Waals surface area contributed by atoms with E-state index in [-0.39, 0.29) is 13.2 Å². The Balaban J connectivity index is 0.000000462. The molecule has 0 saturated heterocycles. The van der Waals surface area contributed by atoms with Crippen LogP contribution in [0.5, 0.6) is 5.75 Å². The molecule has 0 aliphatic rings. The molecule has 0 aliphatic carbocycles. The molecule has 0 saturated carbocycles. The number of carbonyl (C=O) groups is 1. The smallest absolute Gasteiger partial charge is 0.378 e. The average molecular weight is 358 g/mol. The van der Waals surface area contributed by atoms with Gasteiger partial charge >= 0.3 is 5.97 Å². The van der Waals surface area contributed by atoms with Crippen LogP contribution in [0.15, 0.2) is 43.0 Å². The lowest BCUT2D eigenvalue weighted by Crippen LogP contribution is -2.11. The zero-order valence-corrected chi connectivity index (χ0v) is 14.2. The summed E-state index contributed by atoms with van der Waals surface area (Å²) < 4.78 is 15.0. The molecule has 2 N–H and O–H groups in total. The minimum absolute atomic E-state index is 0.0413. The van der Waals surface area contributed by atoms with Crippen molar-refractivity contribution in [3.63, 3.8) is 0 Å². The van der Waals surface area contributed by atoms with Gasteiger partial charge in [0.05, 0.1) is 52.9 Å². The molecule has 8 heteroatoms. The fourth-order valence-electron chi connectivity index (χ4n) is 1.27. The highest BCUT2D eigenvalue weighted by molar-refractivity contribution is 5.80. The Morgan fingerprint density at radius 3 is 1.80 bits per heavy atom. The monoisotopic (exact) mass is 358 g/mol. The third-order valence-corrected chi connectivity index (χ3v) is 2.35. The van der Waals surface area contributed by atoms with Crippen LogP contribution in [0, 0.1) is 0 Å². The summed E-state index contributed by atoms with van der Waals surface area (Å²) in [7, 11) is 0. The van der Waals surface area contributed by atoms with Crippen molar-refractivity contribution < 1.29 is 39.0 Å². The molecule has 142 valence electrons. The highest BCUT2D eigenvalue weighted by atomic mass is 17.2. The minimum atomic E-state index is -0.612. The molecular formula is C17H26O8. The summed E-state index contributed by atoms with van der Waals surface area (Å²) in [5.41, 5.74) is 0. The Kier molecular flexibility index (Phi) is 16.9. The molecule has 8 nitrogen and oxygen atoms in total. The van der Waals surface area contributed by atoms with Crippen LogP contribution in [-0.2, 0) is 23.9 Å². The molecule has 0 atom stereocenters. The number of hydrogen-bond acceptors (Lipinski definition) is 8. The van der Waals surface area contributed by atoms with Crippen molar-refractivity contribution in [2.45, 2.75) is 0 Å². The Morgan fingerprint density at radius 1 is 0.880 bits per heavy atom. The van der Waals surface area contributed by atoms with E-state index in [0.29, 0.717) is 45.4 Å². The Morgan fingerprint density at radius 2 is 1.36 bits per heavy atom. The van der Waals surface area contributed by atoms with E-state index >= 15 is 0 Å². The second kappa shape index (κ2) is 18.4. The van der Waals surface area contributed by atoms with Crippen LogP contribution in [0.1, 0.15) is 0 Å². The van der Waals surface area contributed by atoms with Gasteiger partial charge in [-0.15, -0.1) is 0 Å². The van der Waals surface area contributed by atoms with Crippen LogP contribution in [0.25, 0.3) is 0 Å². The fourth-order valence-corrected chi connectivity index (χ4v) is 1.27. The Hall–Kier alpha value is -1.97. The summed E-state index contributed by atoms with van der Waals surface area (Å²) in [6, 6.07) is 8.74. The predicted octanol–water partition coefficient (Wildman–Crippen LogP) is 0.730. The lowest BCUT2D eigenvalue weighted by atomic mass is 10.3. The maximum Gasteiger partial charge on any atom is 0.378 e. The van der Waals surface area contributed by atoms with Crippen molar-refractivity contribution in [2.24, 2.45) is 0 Å². The zero-order chi connectivity index (χ0) is 18.6. The highest BCUT2D eigenvalue weighted by Crippen LogP contribution is 2.08. The number of para-hydroxylation sites is 1. The summed E-state index contributed by atoms with van der Waals surface area (Å²) in [6.45, 7) is 5.98. The summed E-state index contributed by atoms with van der Waals surface area (Å²) in [5, 5.41) is 16.7. The lowest BCUT2D eigenvalue weighted by molar-refractivity contribution is -0.207. The standard InChI is InChI=1S/C9H8O3.C8H18O5/c1-2-9(10)12-11-8-6-4-3-5-7-8;9-1-3-11-5-7-13-8-6-12-4-2-10/h2-7H,1H2;9-10H,1-8H2. The molecule has 0 fully saturated rings. The molecule has 0 heterocycles. The number of ether oxygens (including phenoxy) is 3. The number of hydrogen-bond donors (Lipinski definition) is 2. The largest absolute Gasteiger partial charge is 0.394 e. The van der Waals surface area contributed by atoms with Gasteiger partial charge in [0.15, 0.2) is 5.75 Å². The van der Waals surface area contributed by atoms with Gasteiger partial charge in [-0.25, -0.2) is 9.68 Å². The van der Waals surface area contributed by atoms with Crippen LogP contribution in [-0.4, -0.2) is 69.0 Å². The molecule has 0 unspecified atom stereocenters. The quantitative estimate of drug-likeness (QED) is 0.230. The topological polar surface area (TPSA) is 104 Å². The SMILES string of the molecule is C=CC(=O)OOc1ccccc1.OCCOCCOCCOCCO. The number of aliphatic hydroxyl groups excluding tert-OH is 2. The van der Waals surface area contributed by atoms with E-state index in [4.69, 9.17) is 24.4 Å². The molecule has 0 aliphatic heterocycles. The van der Waals surface area contributed by atoms with Gasteiger partial charge in [-0.3, -0.25) is 4.89 Å². The zero-order valence-electron chi connectivity index (χ0n) is 14.2. The van der Waals surface area contributed by atoms with Crippen LogP contribution in [0.2, 0.25) is 0 Å². The van der Waals surface area contributed by atoms with Crippen molar-refractivity contribution in [3.05, 3.63) is 43.0 Å². The molecular weight excluding hydrogens is 332 g/mol. The van der Waals surface area contributed by atoms with Crippen molar-refractivity contribution in [1.29, 1.82) is 0 Å². The van der Waals surface area contributed by atoms with E-state index in [1.165, 1.54) is 0 Å². The predicted molar refractivity (Wildman–Crippen MR) is 90.0 cm³/mol. The molecule has 1 rings (SSSR count). The van der Waals surface area contributed by atoms with E-state index < -0.39 is 5.97 Å². The van der Waals surface area contributed by atoms with E-state index in [2.05, 4.69) is 16.4 Å². The van der Waals surface area contributed by atoms with E-state index in [9.17, 15) is 4.79 Å². The van der Waals surface area contributed by atoms with Gasteiger partial charge in [0.2, 0.25) is 0 Å².